The largest absolute Gasteiger partial charge is 0.337 e. The van der Waals surface area contributed by atoms with Gasteiger partial charge in [0.2, 0.25) is 0 Å². The highest BCUT2D eigenvalue weighted by atomic mass is 35.5. The van der Waals surface area contributed by atoms with Gasteiger partial charge in [-0.05, 0) is 43.5 Å². The predicted octanol–water partition coefficient (Wildman–Crippen LogP) is 3.04. The third-order valence-corrected chi connectivity index (χ3v) is 4.75. The molecule has 4 heteroatoms. The zero-order valence-corrected chi connectivity index (χ0v) is 12.5. The van der Waals surface area contributed by atoms with E-state index < -0.39 is 0 Å². The Labute approximate surface area is 125 Å². The molecule has 1 aromatic rings. The summed E-state index contributed by atoms with van der Waals surface area (Å²) in [6.45, 7) is 3.86. The van der Waals surface area contributed by atoms with Gasteiger partial charge in [-0.3, -0.25) is 9.69 Å². The highest BCUT2D eigenvalue weighted by molar-refractivity contribution is 6.30. The maximum atomic E-state index is 12.5. The Morgan fingerprint density at radius 3 is 2.40 bits per heavy atom. The van der Waals surface area contributed by atoms with Crippen LogP contribution in [0.3, 0.4) is 0 Å². The molecule has 0 aromatic heterocycles. The fourth-order valence-corrected chi connectivity index (χ4v) is 3.16. The molecule has 1 heterocycles. The molecule has 1 aromatic carbocycles. The molecule has 0 bridgehead atoms. The van der Waals surface area contributed by atoms with E-state index in [1.54, 1.807) is 12.1 Å². The van der Waals surface area contributed by atoms with E-state index >= 15 is 0 Å². The Morgan fingerprint density at radius 2 is 1.75 bits per heavy atom. The minimum Gasteiger partial charge on any atom is -0.337 e. The number of hydrogen-bond donors (Lipinski definition) is 0. The first-order valence-electron chi connectivity index (χ1n) is 7.53. The number of benzene rings is 1. The molecule has 1 aliphatic carbocycles. The topological polar surface area (TPSA) is 23.6 Å². The Bertz CT molecular complexity index is 470. The second kappa shape index (κ2) is 6.15. The molecular weight excluding hydrogens is 272 g/mol. The van der Waals surface area contributed by atoms with Crippen molar-refractivity contribution in [2.24, 2.45) is 0 Å². The Kier molecular flexibility index (Phi) is 4.27. The zero-order valence-electron chi connectivity index (χ0n) is 11.7. The van der Waals surface area contributed by atoms with E-state index in [-0.39, 0.29) is 5.91 Å². The minimum absolute atomic E-state index is 0.136. The molecule has 1 aliphatic heterocycles. The smallest absolute Gasteiger partial charge is 0.253 e. The van der Waals surface area contributed by atoms with Crippen molar-refractivity contribution in [1.29, 1.82) is 0 Å². The fourth-order valence-electron chi connectivity index (χ4n) is 3.03. The van der Waals surface area contributed by atoms with Gasteiger partial charge >= 0.3 is 0 Å². The van der Waals surface area contributed by atoms with Gasteiger partial charge in [0.25, 0.3) is 5.91 Å². The molecule has 2 aliphatic rings. The Balaban J connectivity index is 1.62. The molecule has 0 atom stereocenters. The van der Waals surface area contributed by atoms with Crippen molar-refractivity contribution in [3.05, 3.63) is 34.9 Å². The van der Waals surface area contributed by atoms with Crippen LogP contribution in [0.1, 0.15) is 36.0 Å². The summed E-state index contributed by atoms with van der Waals surface area (Å²) in [5.74, 6) is 0.136. The summed E-state index contributed by atoms with van der Waals surface area (Å²) in [5.41, 5.74) is 0.742. The van der Waals surface area contributed by atoms with Gasteiger partial charge < -0.3 is 4.90 Å². The molecule has 3 nitrogen and oxygen atoms in total. The summed E-state index contributed by atoms with van der Waals surface area (Å²) in [7, 11) is 0. The van der Waals surface area contributed by atoms with Crippen molar-refractivity contribution in [2.45, 2.75) is 31.7 Å². The van der Waals surface area contributed by atoms with Crippen LogP contribution >= 0.6 is 11.6 Å². The molecule has 0 unspecified atom stereocenters. The van der Waals surface area contributed by atoms with E-state index in [1.165, 1.54) is 19.3 Å². The Hall–Kier alpha value is -1.06. The van der Waals surface area contributed by atoms with Gasteiger partial charge in [-0.2, -0.15) is 0 Å². The molecule has 0 spiro atoms. The monoisotopic (exact) mass is 292 g/mol. The summed E-state index contributed by atoms with van der Waals surface area (Å²) < 4.78 is 0. The van der Waals surface area contributed by atoms with Crippen molar-refractivity contribution in [3.63, 3.8) is 0 Å². The minimum atomic E-state index is 0.136. The second-order valence-corrected chi connectivity index (χ2v) is 6.21. The highest BCUT2D eigenvalue weighted by Gasteiger charge is 2.27. The molecule has 1 saturated carbocycles. The van der Waals surface area contributed by atoms with E-state index in [9.17, 15) is 4.79 Å². The summed E-state index contributed by atoms with van der Waals surface area (Å²) >= 11 is 5.87. The summed E-state index contributed by atoms with van der Waals surface area (Å²) in [6, 6.07) is 7.99. The standard InChI is InChI=1S/C16H21ClN2O/c17-14-7-5-13(6-8-14)16(20)19-10-2-9-18(11-12-19)15-3-1-4-15/h5-8,15H,1-4,9-12H2. The van der Waals surface area contributed by atoms with Gasteiger partial charge in [-0.15, -0.1) is 0 Å². The van der Waals surface area contributed by atoms with Crippen LogP contribution in [0.2, 0.25) is 5.02 Å². The lowest BCUT2D eigenvalue weighted by atomic mass is 9.91. The number of amides is 1. The number of hydrogen-bond acceptors (Lipinski definition) is 2. The number of nitrogens with zero attached hydrogens (tertiary/aromatic N) is 2. The van der Waals surface area contributed by atoms with Crippen LogP contribution in [0, 0.1) is 0 Å². The molecule has 0 N–H and O–H groups in total. The third-order valence-electron chi connectivity index (χ3n) is 4.50. The van der Waals surface area contributed by atoms with Crippen molar-refractivity contribution >= 4 is 17.5 Å². The highest BCUT2D eigenvalue weighted by Crippen LogP contribution is 2.25. The van der Waals surface area contributed by atoms with Gasteiger partial charge in [-0.25, -0.2) is 0 Å². The molecular formula is C16H21ClN2O. The molecule has 2 fully saturated rings. The molecule has 3 rings (SSSR count). The first-order valence-corrected chi connectivity index (χ1v) is 7.91. The number of halogens is 1. The lowest BCUT2D eigenvalue weighted by molar-refractivity contribution is 0.0749. The summed E-state index contributed by atoms with van der Waals surface area (Å²) in [5, 5.41) is 0.675. The molecule has 1 saturated heterocycles. The van der Waals surface area contributed by atoms with Crippen LogP contribution in [-0.4, -0.2) is 47.9 Å². The maximum Gasteiger partial charge on any atom is 0.253 e. The lowest BCUT2D eigenvalue weighted by Gasteiger charge is -2.36. The van der Waals surface area contributed by atoms with E-state index in [4.69, 9.17) is 11.6 Å². The fraction of sp³-hybridized carbons (Fsp3) is 0.562. The number of carbonyl (C=O) groups is 1. The van der Waals surface area contributed by atoms with Crippen molar-refractivity contribution in [1.82, 2.24) is 9.80 Å². The van der Waals surface area contributed by atoms with Crippen LogP contribution in [0.4, 0.5) is 0 Å². The predicted molar refractivity (Wildman–Crippen MR) is 81.2 cm³/mol. The molecule has 0 radical (unpaired) electrons. The van der Waals surface area contributed by atoms with Crippen molar-refractivity contribution in [3.8, 4) is 0 Å². The molecule has 20 heavy (non-hydrogen) atoms. The maximum absolute atomic E-state index is 12.5. The van der Waals surface area contributed by atoms with Gasteiger partial charge in [0.15, 0.2) is 0 Å². The van der Waals surface area contributed by atoms with E-state index in [1.807, 2.05) is 17.0 Å². The Morgan fingerprint density at radius 1 is 1.00 bits per heavy atom. The lowest BCUT2D eigenvalue weighted by Crippen LogP contribution is -2.42. The average molecular weight is 293 g/mol. The van der Waals surface area contributed by atoms with Crippen LogP contribution in [0.25, 0.3) is 0 Å². The van der Waals surface area contributed by atoms with E-state index in [0.717, 1.165) is 44.2 Å². The van der Waals surface area contributed by atoms with Crippen molar-refractivity contribution in [2.75, 3.05) is 26.2 Å². The van der Waals surface area contributed by atoms with Crippen molar-refractivity contribution < 1.29 is 4.79 Å². The quantitative estimate of drug-likeness (QED) is 0.836. The van der Waals surface area contributed by atoms with Crippen LogP contribution in [0.15, 0.2) is 24.3 Å². The van der Waals surface area contributed by atoms with Gasteiger partial charge in [-0.1, -0.05) is 18.0 Å². The second-order valence-electron chi connectivity index (χ2n) is 5.77. The number of carbonyl (C=O) groups excluding carboxylic acids is 1. The first-order chi connectivity index (χ1) is 9.74. The number of rotatable bonds is 2. The van der Waals surface area contributed by atoms with Crippen LogP contribution in [-0.2, 0) is 0 Å². The van der Waals surface area contributed by atoms with Gasteiger partial charge in [0.1, 0.15) is 0 Å². The average Bonchev–Trinajstić information content (AvgIpc) is 2.63. The normalized spacial score (nSPS) is 21.4. The summed E-state index contributed by atoms with van der Waals surface area (Å²) in [4.78, 5) is 17.0. The van der Waals surface area contributed by atoms with Gasteiger partial charge in [0, 0.05) is 42.8 Å². The van der Waals surface area contributed by atoms with E-state index in [0.29, 0.717) is 5.02 Å². The van der Waals surface area contributed by atoms with Gasteiger partial charge in [0.05, 0.1) is 0 Å². The zero-order chi connectivity index (χ0) is 13.9. The van der Waals surface area contributed by atoms with Crippen LogP contribution < -0.4 is 0 Å². The first kappa shape index (κ1) is 13.9. The molecule has 108 valence electrons. The SMILES string of the molecule is O=C(c1ccc(Cl)cc1)N1CCCN(C2CCC2)CC1. The third kappa shape index (κ3) is 2.99. The summed E-state index contributed by atoms with van der Waals surface area (Å²) in [6.07, 6.45) is 5.13. The van der Waals surface area contributed by atoms with Crippen LogP contribution in [0.5, 0.6) is 0 Å². The van der Waals surface area contributed by atoms with E-state index in [2.05, 4.69) is 4.90 Å². The molecule has 1 amide bonds.